The van der Waals surface area contributed by atoms with Crippen LogP contribution in [0.5, 0.6) is 0 Å². The Hall–Kier alpha value is -3.67. The summed E-state index contributed by atoms with van der Waals surface area (Å²) in [6, 6.07) is 0. The molecule has 418 valence electrons. The zero-order chi connectivity index (χ0) is 52.9. The van der Waals surface area contributed by atoms with E-state index in [9.17, 15) is 14.4 Å². The summed E-state index contributed by atoms with van der Waals surface area (Å²) in [6.45, 7) is 6.50. The molecule has 0 aromatic rings. The van der Waals surface area contributed by atoms with Gasteiger partial charge in [-0.25, -0.2) is 0 Å². The molecule has 0 aliphatic heterocycles. The van der Waals surface area contributed by atoms with E-state index >= 15 is 0 Å². The van der Waals surface area contributed by atoms with Gasteiger partial charge in [0.15, 0.2) is 6.10 Å². The molecule has 0 N–H and O–H groups in total. The second kappa shape index (κ2) is 60.9. The lowest BCUT2D eigenvalue weighted by atomic mass is 10.0. The lowest BCUT2D eigenvalue weighted by molar-refractivity contribution is -0.167. The summed E-state index contributed by atoms with van der Waals surface area (Å²) in [5, 5.41) is 0. The number of unbranched alkanes of at least 4 members (excludes halogenated alkanes) is 28. The van der Waals surface area contributed by atoms with Crippen molar-refractivity contribution in [1.29, 1.82) is 0 Å². The summed E-state index contributed by atoms with van der Waals surface area (Å²) in [5.41, 5.74) is 0. The summed E-state index contributed by atoms with van der Waals surface area (Å²) in [6.07, 6.45) is 81.1. The maximum atomic E-state index is 12.9. The molecule has 1 unspecified atom stereocenters. The van der Waals surface area contributed by atoms with Crippen LogP contribution in [0.25, 0.3) is 0 Å². The van der Waals surface area contributed by atoms with E-state index in [2.05, 4.69) is 118 Å². The molecule has 0 saturated heterocycles. The molecule has 0 heterocycles. The molecule has 0 amide bonds. The zero-order valence-electron chi connectivity index (χ0n) is 47.9. The third kappa shape index (κ3) is 59.1. The smallest absolute Gasteiger partial charge is 0.306 e. The predicted molar refractivity (Wildman–Crippen MR) is 316 cm³/mol. The molecule has 1 atom stereocenters. The Bertz CT molecular complexity index is 1440. The Morgan fingerprint density at radius 2 is 0.534 bits per heavy atom. The molecule has 0 rings (SSSR count). The summed E-state index contributed by atoms with van der Waals surface area (Å²) >= 11 is 0. The average molecular weight is 1020 g/mol. The van der Waals surface area contributed by atoms with Gasteiger partial charge >= 0.3 is 17.9 Å². The molecule has 0 aliphatic rings. The SMILES string of the molecule is CC/C=C\C/C=C\C/C=C\C/C=C\C/C=C\C/C=C\CCCCCCCCC(=O)OCC(COC(=O)CCCCCCCCCCCCCCC)OC(=O)CCCCCCCCC/C=C\C/C=C\CCCCC. The van der Waals surface area contributed by atoms with E-state index < -0.39 is 6.10 Å². The first-order chi connectivity index (χ1) is 36.0. The Balaban J connectivity index is 4.37. The van der Waals surface area contributed by atoms with E-state index in [4.69, 9.17) is 14.2 Å². The lowest BCUT2D eigenvalue weighted by Crippen LogP contribution is -2.30. The lowest BCUT2D eigenvalue weighted by Gasteiger charge is -2.18. The number of rotatable bonds is 55. The van der Waals surface area contributed by atoms with E-state index in [1.165, 1.54) is 128 Å². The van der Waals surface area contributed by atoms with Gasteiger partial charge in [-0.3, -0.25) is 14.4 Å². The zero-order valence-corrected chi connectivity index (χ0v) is 47.9. The van der Waals surface area contributed by atoms with Gasteiger partial charge < -0.3 is 14.2 Å². The molecule has 73 heavy (non-hydrogen) atoms. The van der Waals surface area contributed by atoms with Crippen LogP contribution in [-0.2, 0) is 28.6 Å². The fourth-order valence-corrected chi connectivity index (χ4v) is 8.48. The molecular weight excluding hydrogens is 901 g/mol. The second-order valence-electron chi connectivity index (χ2n) is 20.2. The highest BCUT2D eigenvalue weighted by Crippen LogP contribution is 2.16. The maximum Gasteiger partial charge on any atom is 0.306 e. The minimum atomic E-state index is -0.788. The number of hydrogen-bond donors (Lipinski definition) is 0. The largest absolute Gasteiger partial charge is 0.462 e. The van der Waals surface area contributed by atoms with Gasteiger partial charge in [0.2, 0.25) is 0 Å². The molecule has 0 radical (unpaired) electrons. The van der Waals surface area contributed by atoms with Crippen molar-refractivity contribution in [3.05, 3.63) is 97.2 Å². The number of esters is 3. The topological polar surface area (TPSA) is 78.9 Å². The number of carbonyl (C=O) groups is 3. The molecular formula is C67H114O6. The fourth-order valence-electron chi connectivity index (χ4n) is 8.48. The van der Waals surface area contributed by atoms with Gasteiger partial charge in [-0.1, -0.05) is 266 Å². The Kier molecular flexibility index (Phi) is 57.8. The Morgan fingerprint density at radius 1 is 0.288 bits per heavy atom. The quantitative estimate of drug-likeness (QED) is 0.0261. The van der Waals surface area contributed by atoms with Gasteiger partial charge in [0.25, 0.3) is 0 Å². The standard InChI is InChI=1S/C67H114O6/c1-4-7-10-13-16-19-22-25-27-29-30-31-32-33-34-35-36-38-39-42-45-48-51-54-57-60-66(69)72-63-64(62-71-65(68)59-56-53-50-47-44-41-24-21-18-15-12-9-6-3)73-67(70)61-58-55-52-49-46-43-40-37-28-26-23-20-17-14-11-8-5-2/h7,10,16-17,19-20,25-28,30-31,33-34,36,38,64H,4-6,8-9,11-15,18,21-24,29,32,35,37,39-63H2,1-3H3/b10-7-,19-16-,20-17-,27-25-,28-26-,31-30-,34-33-,38-36-. The molecule has 6 heteroatoms. The Morgan fingerprint density at radius 3 is 0.863 bits per heavy atom. The third-order valence-electron chi connectivity index (χ3n) is 13.1. The molecule has 0 saturated carbocycles. The highest BCUT2D eigenvalue weighted by Gasteiger charge is 2.19. The molecule has 6 nitrogen and oxygen atoms in total. The number of allylic oxidation sites excluding steroid dienone is 16. The maximum absolute atomic E-state index is 12.9. The van der Waals surface area contributed by atoms with Crippen LogP contribution in [0.2, 0.25) is 0 Å². The highest BCUT2D eigenvalue weighted by atomic mass is 16.6. The van der Waals surface area contributed by atoms with Gasteiger partial charge in [-0.15, -0.1) is 0 Å². The van der Waals surface area contributed by atoms with Crippen molar-refractivity contribution >= 4 is 17.9 Å². The van der Waals surface area contributed by atoms with Crippen LogP contribution >= 0.6 is 0 Å². The second-order valence-corrected chi connectivity index (χ2v) is 20.2. The summed E-state index contributed by atoms with van der Waals surface area (Å²) in [7, 11) is 0. The van der Waals surface area contributed by atoms with Crippen LogP contribution < -0.4 is 0 Å². The van der Waals surface area contributed by atoms with Gasteiger partial charge in [0.1, 0.15) is 13.2 Å². The monoisotopic (exact) mass is 1010 g/mol. The van der Waals surface area contributed by atoms with Crippen LogP contribution in [-0.4, -0.2) is 37.2 Å². The molecule has 0 aromatic carbocycles. The van der Waals surface area contributed by atoms with E-state index in [0.29, 0.717) is 19.3 Å². The number of hydrogen-bond acceptors (Lipinski definition) is 6. The normalized spacial score (nSPS) is 12.8. The van der Waals surface area contributed by atoms with Crippen molar-refractivity contribution in [2.45, 2.75) is 297 Å². The van der Waals surface area contributed by atoms with Crippen molar-refractivity contribution in [3.63, 3.8) is 0 Å². The molecule has 0 fully saturated rings. The van der Waals surface area contributed by atoms with Crippen molar-refractivity contribution in [2.24, 2.45) is 0 Å². The van der Waals surface area contributed by atoms with Gasteiger partial charge in [-0.05, 0) is 103 Å². The first-order valence-electron chi connectivity index (χ1n) is 30.7. The third-order valence-corrected chi connectivity index (χ3v) is 13.1. The van der Waals surface area contributed by atoms with Crippen molar-refractivity contribution in [3.8, 4) is 0 Å². The van der Waals surface area contributed by atoms with Crippen molar-refractivity contribution < 1.29 is 28.6 Å². The first-order valence-corrected chi connectivity index (χ1v) is 30.7. The van der Waals surface area contributed by atoms with Gasteiger partial charge in [-0.2, -0.15) is 0 Å². The summed E-state index contributed by atoms with van der Waals surface area (Å²) < 4.78 is 16.9. The minimum absolute atomic E-state index is 0.0835. The minimum Gasteiger partial charge on any atom is -0.462 e. The number of carbonyl (C=O) groups excluding carboxylic acids is 3. The average Bonchev–Trinajstić information content (AvgIpc) is 3.39. The van der Waals surface area contributed by atoms with Gasteiger partial charge in [0, 0.05) is 19.3 Å². The van der Waals surface area contributed by atoms with E-state index in [0.717, 1.165) is 122 Å². The van der Waals surface area contributed by atoms with Crippen LogP contribution in [0.15, 0.2) is 97.2 Å². The van der Waals surface area contributed by atoms with Gasteiger partial charge in [0.05, 0.1) is 0 Å². The first kappa shape index (κ1) is 69.3. The fraction of sp³-hybridized carbons (Fsp3) is 0.716. The van der Waals surface area contributed by atoms with Crippen molar-refractivity contribution in [1.82, 2.24) is 0 Å². The molecule has 0 bridgehead atoms. The summed E-state index contributed by atoms with van der Waals surface area (Å²) in [4.78, 5) is 38.2. The van der Waals surface area contributed by atoms with Crippen LogP contribution in [0, 0.1) is 0 Å². The van der Waals surface area contributed by atoms with Crippen molar-refractivity contribution in [2.75, 3.05) is 13.2 Å². The number of ether oxygens (including phenoxy) is 3. The predicted octanol–water partition coefficient (Wildman–Crippen LogP) is 20.9. The molecule has 0 aromatic heterocycles. The molecule has 0 aliphatic carbocycles. The van der Waals surface area contributed by atoms with E-state index in [1.807, 2.05) is 0 Å². The molecule has 0 spiro atoms. The highest BCUT2D eigenvalue weighted by molar-refractivity contribution is 5.71. The van der Waals surface area contributed by atoms with E-state index in [1.54, 1.807) is 0 Å². The van der Waals surface area contributed by atoms with Crippen LogP contribution in [0.3, 0.4) is 0 Å². The summed E-state index contributed by atoms with van der Waals surface area (Å²) in [5.74, 6) is -0.899. The van der Waals surface area contributed by atoms with E-state index in [-0.39, 0.29) is 31.1 Å². The van der Waals surface area contributed by atoms with Crippen LogP contribution in [0.1, 0.15) is 290 Å². The Labute approximate surface area is 451 Å². The van der Waals surface area contributed by atoms with Crippen LogP contribution in [0.4, 0.5) is 0 Å².